The average Bonchev–Trinajstić information content (AvgIpc) is 2.34. The summed E-state index contributed by atoms with van der Waals surface area (Å²) in [5.74, 6) is 0.451. The Morgan fingerprint density at radius 2 is 1.84 bits per heavy atom. The summed E-state index contributed by atoms with van der Waals surface area (Å²) in [5, 5.41) is 21.0. The lowest BCUT2D eigenvalue weighted by Gasteiger charge is -2.22. The van der Waals surface area contributed by atoms with E-state index in [-0.39, 0.29) is 5.41 Å². The number of nitrogens with one attached hydrogen (secondary N) is 1. The Kier molecular flexibility index (Phi) is 3.95. The average molecular weight is 260 g/mol. The normalized spacial score (nSPS) is 13.5. The van der Waals surface area contributed by atoms with Crippen LogP contribution in [0, 0.1) is 5.41 Å². The molecule has 0 amide bonds. The maximum Gasteiger partial charge on any atom is 0.243 e. The van der Waals surface area contributed by atoms with Gasteiger partial charge in [0.05, 0.1) is 11.6 Å². The summed E-state index contributed by atoms with van der Waals surface area (Å²) in [6.45, 7) is 6.73. The third-order valence-corrected chi connectivity index (χ3v) is 2.70. The molecule has 0 fully saturated rings. The molecule has 0 aliphatic heterocycles. The molecule has 2 aromatic rings. The Hall–Kier alpha value is -1.75. The maximum absolute atomic E-state index is 9.92. The summed E-state index contributed by atoms with van der Waals surface area (Å²) in [7, 11) is 0. The highest BCUT2D eigenvalue weighted by atomic mass is 16.3. The number of aliphatic hydroxyl groups is 1. The Balaban J connectivity index is 1.98. The number of aliphatic hydroxyl groups excluding tert-OH is 1. The van der Waals surface area contributed by atoms with Gasteiger partial charge in [-0.2, -0.15) is 0 Å². The Morgan fingerprint density at radius 1 is 1.16 bits per heavy atom. The van der Waals surface area contributed by atoms with Crippen LogP contribution >= 0.6 is 0 Å². The number of nitrogens with zero attached hydrogens (tertiary/aromatic N) is 3. The van der Waals surface area contributed by atoms with E-state index >= 15 is 0 Å². The second-order valence-corrected chi connectivity index (χ2v) is 5.92. The van der Waals surface area contributed by atoms with E-state index in [0.717, 1.165) is 17.5 Å². The number of hydrogen-bond donors (Lipinski definition) is 2. The molecule has 5 heteroatoms. The topological polar surface area (TPSA) is 70.9 Å². The first-order valence-corrected chi connectivity index (χ1v) is 6.45. The van der Waals surface area contributed by atoms with E-state index in [0.29, 0.717) is 12.5 Å². The fraction of sp³-hybridized carbons (Fsp3) is 0.500. The Morgan fingerprint density at radius 3 is 2.53 bits per heavy atom. The zero-order chi connectivity index (χ0) is 13.9. The highest BCUT2D eigenvalue weighted by Gasteiger charge is 2.16. The molecule has 0 spiro atoms. The second-order valence-electron chi connectivity index (χ2n) is 5.92. The van der Waals surface area contributed by atoms with Crippen LogP contribution in [0.4, 0.5) is 5.95 Å². The van der Waals surface area contributed by atoms with Gasteiger partial charge in [0.25, 0.3) is 0 Å². The predicted octanol–water partition coefficient (Wildman–Crippen LogP) is 2.23. The SMILES string of the molecule is CC(C)(C)CC(O)CNc1nnc2ccccc2n1. The number of hydrogen-bond acceptors (Lipinski definition) is 5. The number of fused-ring (bicyclic) bond motifs is 1. The van der Waals surface area contributed by atoms with Gasteiger partial charge in [0.1, 0.15) is 5.52 Å². The molecule has 2 rings (SSSR count). The fourth-order valence-electron chi connectivity index (χ4n) is 1.94. The van der Waals surface area contributed by atoms with Gasteiger partial charge >= 0.3 is 0 Å². The molecule has 1 aromatic carbocycles. The van der Waals surface area contributed by atoms with Gasteiger partial charge in [0, 0.05) is 6.54 Å². The molecule has 0 saturated carbocycles. The molecular formula is C14H20N4O. The smallest absolute Gasteiger partial charge is 0.243 e. The van der Waals surface area contributed by atoms with Crippen molar-refractivity contribution >= 4 is 17.0 Å². The Labute approximate surface area is 113 Å². The minimum absolute atomic E-state index is 0.101. The first kappa shape index (κ1) is 13.7. The zero-order valence-corrected chi connectivity index (χ0v) is 11.6. The third kappa shape index (κ3) is 4.13. The first-order chi connectivity index (χ1) is 8.94. The summed E-state index contributed by atoms with van der Waals surface area (Å²) in [5.41, 5.74) is 1.66. The van der Waals surface area contributed by atoms with Crippen LogP contribution < -0.4 is 5.32 Å². The molecule has 2 N–H and O–H groups in total. The van der Waals surface area contributed by atoms with Crippen molar-refractivity contribution in [1.29, 1.82) is 0 Å². The maximum atomic E-state index is 9.92. The van der Waals surface area contributed by atoms with Crippen LogP contribution in [0.3, 0.4) is 0 Å². The summed E-state index contributed by atoms with van der Waals surface area (Å²) in [4.78, 5) is 4.35. The van der Waals surface area contributed by atoms with Gasteiger partial charge in [0.2, 0.25) is 5.95 Å². The molecule has 1 aromatic heterocycles. The van der Waals surface area contributed by atoms with E-state index in [4.69, 9.17) is 0 Å². The third-order valence-electron chi connectivity index (χ3n) is 2.70. The van der Waals surface area contributed by atoms with E-state index < -0.39 is 6.10 Å². The molecule has 0 bridgehead atoms. The van der Waals surface area contributed by atoms with Crippen molar-refractivity contribution in [3.05, 3.63) is 24.3 Å². The van der Waals surface area contributed by atoms with Crippen molar-refractivity contribution < 1.29 is 5.11 Å². The molecule has 0 radical (unpaired) electrons. The van der Waals surface area contributed by atoms with Gasteiger partial charge in [-0.3, -0.25) is 0 Å². The van der Waals surface area contributed by atoms with Crippen LogP contribution in [0.5, 0.6) is 0 Å². The molecule has 0 saturated heterocycles. The van der Waals surface area contributed by atoms with Crippen LogP contribution in [0.1, 0.15) is 27.2 Å². The largest absolute Gasteiger partial charge is 0.391 e. The van der Waals surface area contributed by atoms with Crippen LogP contribution in [0.2, 0.25) is 0 Å². The number of benzene rings is 1. The van der Waals surface area contributed by atoms with Crippen LogP contribution in [0.15, 0.2) is 24.3 Å². The van der Waals surface area contributed by atoms with E-state index in [1.165, 1.54) is 0 Å². The lowest BCUT2D eigenvalue weighted by Crippen LogP contribution is -2.25. The molecule has 1 unspecified atom stereocenters. The van der Waals surface area contributed by atoms with Crippen molar-refractivity contribution in [2.75, 3.05) is 11.9 Å². The van der Waals surface area contributed by atoms with Gasteiger partial charge < -0.3 is 10.4 Å². The highest BCUT2D eigenvalue weighted by molar-refractivity contribution is 5.73. The summed E-state index contributed by atoms with van der Waals surface area (Å²) < 4.78 is 0. The zero-order valence-electron chi connectivity index (χ0n) is 11.6. The molecular weight excluding hydrogens is 240 g/mol. The lowest BCUT2D eigenvalue weighted by molar-refractivity contribution is 0.132. The number of aromatic nitrogens is 3. The minimum atomic E-state index is -0.421. The number of anilines is 1. The monoisotopic (exact) mass is 260 g/mol. The van der Waals surface area contributed by atoms with Gasteiger partial charge in [-0.25, -0.2) is 4.98 Å². The van der Waals surface area contributed by atoms with Crippen molar-refractivity contribution in [1.82, 2.24) is 15.2 Å². The molecule has 5 nitrogen and oxygen atoms in total. The van der Waals surface area contributed by atoms with E-state index in [1.807, 2.05) is 24.3 Å². The van der Waals surface area contributed by atoms with Crippen molar-refractivity contribution in [2.45, 2.75) is 33.3 Å². The summed E-state index contributed by atoms with van der Waals surface area (Å²) >= 11 is 0. The van der Waals surface area contributed by atoms with E-state index in [2.05, 4.69) is 41.3 Å². The molecule has 0 aliphatic carbocycles. The van der Waals surface area contributed by atoms with Crippen LogP contribution in [-0.4, -0.2) is 32.9 Å². The molecule has 102 valence electrons. The van der Waals surface area contributed by atoms with Crippen molar-refractivity contribution in [2.24, 2.45) is 5.41 Å². The minimum Gasteiger partial charge on any atom is -0.391 e. The summed E-state index contributed by atoms with van der Waals surface area (Å²) in [6.07, 6.45) is 0.302. The quantitative estimate of drug-likeness (QED) is 0.882. The summed E-state index contributed by atoms with van der Waals surface area (Å²) in [6, 6.07) is 7.57. The van der Waals surface area contributed by atoms with Crippen molar-refractivity contribution in [3.8, 4) is 0 Å². The standard InChI is InChI=1S/C14H20N4O/c1-14(2,3)8-10(19)9-15-13-16-11-6-4-5-7-12(11)17-18-13/h4-7,10,19H,8-9H2,1-3H3,(H,15,16,18). The predicted molar refractivity (Wildman–Crippen MR) is 75.9 cm³/mol. The second kappa shape index (κ2) is 5.48. The number of para-hydroxylation sites is 1. The number of rotatable bonds is 4. The van der Waals surface area contributed by atoms with E-state index in [9.17, 15) is 5.11 Å². The van der Waals surface area contributed by atoms with Gasteiger partial charge in [-0.05, 0) is 24.0 Å². The van der Waals surface area contributed by atoms with Crippen LogP contribution in [-0.2, 0) is 0 Å². The lowest BCUT2D eigenvalue weighted by atomic mass is 9.89. The molecule has 1 atom stereocenters. The van der Waals surface area contributed by atoms with Gasteiger partial charge in [-0.15, -0.1) is 10.2 Å². The van der Waals surface area contributed by atoms with E-state index in [1.54, 1.807) is 0 Å². The molecule has 19 heavy (non-hydrogen) atoms. The van der Waals surface area contributed by atoms with Crippen LogP contribution in [0.25, 0.3) is 11.0 Å². The molecule has 1 heterocycles. The van der Waals surface area contributed by atoms with Gasteiger partial charge in [-0.1, -0.05) is 32.9 Å². The fourth-order valence-corrected chi connectivity index (χ4v) is 1.94. The highest BCUT2D eigenvalue weighted by Crippen LogP contribution is 2.20. The van der Waals surface area contributed by atoms with Gasteiger partial charge in [0.15, 0.2) is 0 Å². The molecule has 0 aliphatic rings. The first-order valence-electron chi connectivity index (χ1n) is 6.45. The van der Waals surface area contributed by atoms with Crippen molar-refractivity contribution in [3.63, 3.8) is 0 Å². The Bertz CT molecular complexity index is 550.